The summed E-state index contributed by atoms with van der Waals surface area (Å²) in [7, 11) is 1.88. The van der Waals surface area contributed by atoms with Gasteiger partial charge in [0.25, 0.3) is 0 Å². The van der Waals surface area contributed by atoms with Gasteiger partial charge in [-0.3, -0.25) is 0 Å². The van der Waals surface area contributed by atoms with Crippen molar-refractivity contribution >= 4 is 5.96 Å². The Morgan fingerprint density at radius 3 is 3.07 bits per heavy atom. The highest BCUT2D eigenvalue weighted by molar-refractivity contribution is 5.77. The van der Waals surface area contributed by atoms with Gasteiger partial charge in [0.1, 0.15) is 12.9 Å². The van der Waals surface area contributed by atoms with Crippen molar-refractivity contribution in [3.8, 4) is 0 Å². The van der Waals surface area contributed by atoms with E-state index in [2.05, 4.69) is 27.4 Å². The van der Waals surface area contributed by atoms with Crippen LogP contribution in [0.15, 0.2) is 11.3 Å². The fourth-order valence-electron chi connectivity index (χ4n) is 0.915. The summed E-state index contributed by atoms with van der Waals surface area (Å²) in [6, 6.07) is 0. The maximum absolute atomic E-state index is 5.61. The van der Waals surface area contributed by atoms with Gasteiger partial charge in [0.05, 0.1) is 0 Å². The van der Waals surface area contributed by atoms with E-state index in [0.717, 1.165) is 18.8 Å². The highest BCUT2D eigenvalue weighted by Crippen LogP contribution is 1.92. The lowest BCUT2D eigenvalue weighted by atomic mass is 10.5. The van der Waals surface area contributed by atoms with Crippen LogP contribution in [0.5, 0.6) is 0 Å². The Labute approximate surface area is 83.2 Å². The summed E-state index contributed by atoms with van der Waals surface area (Å²) in [5.41, 5.74) is 5.61. The number of hydrogen-bond donors (Lipinski definition) is 2. The van der Waals surface area contributed by atoms with E-state index >= 15 is 0 Å². The number of aryl methyl sites for hydroxylation is 1. The smallest absolute Gasteiger partial charge is 0.189 e. The number of nitrogens with two attached hydrogens (primary N) is 1. The minimum absolute atomic E-state index is 0.454. The molecule has 1 aromatic rings. The summed E-state index contributed by atoms with van der Waals surface area (Å²) in [5, 5.41) is 10.6. The number of aliphatic imine (C=N–C) groups is 1. The van der Waals surface area contributed by atoms with E-state index in [1.807, 2.05) is 11.6 Å². The molecule has 1 heterocycles. The first kappa shape index (κ1) is 10.5. The third-order valence-corrected chi connectivity index (χ3v) is 1.75. The molecule has 0 bridgehead atoms. The Balaban J connectivity index is 2.42. The average Bonchev–Trinajstić information content (AvgIpc) is 2.58. The summed E-state index contributed by atoms with van der Waals surface area (Å²) in [5.74, 6) is 1.25. The minimum Gasteiger partial charge on any atom is -0.370 e. The summed E-state index contributed by atoms with van der Waals surface area (Å²) >= 11 is 0. The van der Waals surface area contributed by atoms with Crippen molar-refractivity contribution in [2.24, 2.45) is 17.8 Å². The monoisotopic (exact) mass is 196 g/mol. The van der Waals surface area contributed by atoms with Gasteiger partial charge in [-0.25, -0.2) is 4.99 Å². The van der Waals surface area contributed by atoms with E-state index in [0.29, 0.717) is 12.5 Å². The summed E-state index contributed by atoms with van der Waals surface area (Å²) < 4.78 is 1.82. The molecule has 6 nitrogen and oxygen atoms in total. The Morgan fingerprint density at radius 1 is 1.71 bits per heavy atom. The molecule has 0 aliphatic rings. The molecular formula is C8H16N6. The van der Waals surface area contributed by atoms with Crippen LogP contribution in [0.1, 0.15) is 19.2 Å². The van der Waals surface area contributed by atoms with Gasteiger partial charge in [-0.2, -0.15) is 0 Å². The van der Waals surface area contributed by atoms with Gasteiger partial charge < -0.3 is 15.6 Å². The van der Waals surface area contributed by atoms with Crippen molar-refractivity contribution < 1.29 is 0 Å². The van der Waals surface area contributed by atoms with Crippen LogP contribution in [-0.2, 0) is 13.6 Å². The third kappa shape index (κ3) is 3.04. The fraction of sp³-hybridized carbons (Fsp3) is 0.625. The van der Waals surface area contributed by atoms with Crippen LogP contribution < -0.4 is 11.1 Å². The molecule has 0 aliphatic carbocycles. The van der Waals surface area contributed by atoms with Crippen LogP contribution in [0.3, 0.4) is 0 Å². The largest absolute Gasteiger partial charge is 0.370 e. The second-order valence-corrected chi connectivity index (χ2v) is 2.99. The van der Waals surface area contributed by atoms with Crippen molar-refractivity contribution in [1.29, 1.82) is 0 Å². The number of rotatable bonds is 4. The average molecular weight is 196 g/mol. The van der Waals surface area contributed by atoms with Gasteiger partial charge >= 0.3 is 0 Å². The van der Waals surface area contributed by atoms with Gasteiger partial charge in [0.2, 0.25) is 0 Å². The van der Waals surface area contributed by atoms with Crippen molar-refractivity contribution in [2.75, 3.05) is 6.54 Å². The van der Waals surface area contributed by atoms with Crippen molar-refractivity contribution in [2.45, 2.75) is 19.9 Å². The topological polar surface area (TPSA) is 81.1 Å². The number of aromatic nitrogens is 3. The van der Waals surface area contributed by atoms with Crippen LogP contribution in [0.4, 0.5) is 0 Å². The van der Waals surface area contributed by atoms with Gasteiger partial charge in [-0.1, -0.05) is 6.92 Å². The number of hydrogen-bond acceptors (Lipinski definition) is 3. The van der Waals surface area contributed by atoms with Gasteiger partial charge in [-0.05, 0) is 6.42 Å². The quantitative estimate of drug-likeness (QED) is 0.508. The number of nitrogens with zero attached hydrogens (tertiary/aromatic N) is 4. The third-order valence-electron chi connectivity index (χ3n) is 1.75. The second-order valence-electron chi connectivity index (χ2n) is 2.99. The molecule has 0 unspecified atom stereocenters. The molecule has 0 saturated carbocycles. The molecule has 1 rings (SSSR count). The van der Waals surface area contributed by atoms with E-state index in [1.165, 1.54) is 0 Å². The Kier molecular flexibility index (Phi) is 3.90. The molecule has 0 spiro atoms. The Bertz CT molecular complexity index is 303. The maximum Gasteiger partial charge on any atom is 0.189 e. The highest BCUT2D eigenvalue weighted by atomic mass is 15.3. The van der Waals surface area contributed by atoms with Crippen molar-refractivity contribution in [1.82, 2.24) is 20.1 Å². The predicted octanol–water partition coefficient (Wildman–Crippen LogP) is -0.371. The van der Waals surface area contributed by atoms with Crippen LogP contribution >= 0.6 is 0 Å². The first-order chi connectivity index (χ1) is 6.74. The zero-order valence-corrected chi connectivity index (χ0v) is 8.56. The fourth-order valence-corrected chi connectivity index (χ4v) is 0.915. The molecule has 78 valence electrons. The minimum atomic E-state index is 0.454. The van der Waals surface area contributed by atoms with Crippen LogP contribution in [0, 0.1) is 0 Å². The summed E-state index contributed by atoms with van der Waals surface area (Å²) in [6.45, 7) is 3.37. The van der Waals surface area contributed by atoms with Crippen LogP contribution in [0.2, 0.25) is 0 Å². The molecule has 1 aromatic heterocycles. The van der Waals surface area contributed by atoms with Crippen molar-refractivity contribution in [3.63, 3.8) is 0 Å². The molecule has 0 aromatic carbocycles. The second kappa shape index (κ2) is 5.21. The Morgan fingerprint density at radius 2 is 2.50 bits per heavy atom. The summed E-state index contributed by atoms with van der Waals surface area (Å²) in [6.07, 6.45) is 2.67. The highest BCUT2D eigenvalue weighted by Gasteiger charge is 1.98. The zero-order valence-electron chi connectivity index (χ0n) is 8.56. The molecule has 14 heavy (non-hydrogen) atoms. The lowest BCUT2D eigenvalue weighted by molar-refractivity contribution is 0.778. The van der Waals surface area contributed by atoms with Crippen molar-refractivity contribution in [3.05, 3.63) is 12.2 Å². The van der Waals surface area contributed by atoms with E-state index in [9.17, 15) is 0 Å². The lowest BCUT2D eigenvalue weighted by Gasteiger charge is -2.02. The molecule has 0 aliphatic heterocycles. The molecule has 6 heteroatoms. The van der Waals surface area contributed by atoms with Gasteiger partial charge in [-0.15, -0.1) is 10.2 Å². The van der Waals surface area contributed by atoms with E-state index in [-0.39, 0.29) is 0 Å². The molecule has 0 fully saturated rings. The zero-order chi connectivity index (χ0) is 10.4. The molecule has 0 atom stereocenters. The SMILES string of the molecule is CCCNC(N)=NCc1nncn1C. The predicted molar refractivity (Wildman–Crippen MR) is 54.6 cm³/mol. The first-order valence-corrected chi connectivity index (χ1v) is 4.60. The standard InChI is InChI=1S/C8H16N6/c1-3-4-10-8(9)11-5-7-13-12-6-14(7)2/h6H,3-5H2,1-2H3,(H3,9,10,11). The summed E-state index contributed by atoms with van der Waals surface area (Å²) in [4.78, 5) is 4.12. The van der Waals surface area contributed by atoms with Gasteiger partial charge in [0.15, 0.2) is 11.8 Å². The number of nitrogens with one attached hydrogen (secondary N) is 1. The Hall–Kier alpha value is -1.59. The lowest BCUT2D eigenvalue weighted by Crippen LogP contribution is -2.32. The van der Waals surface area contributed by atoms with Crippen LogP contribution in [-0.4, -0.2) is 27.3 Å². The molecule has 0 saturated heterocycles. The molecule has 0 amide bonds. The van der Waals surface area contributed by atoms with Gasteiger partial charge in [0, 0.05) is 13.6 Å². The molecule has 0 radical (unpaired) electrons. The van der Waals surface area contributed by atoms with E-state index < -0.39 is 0 Å². The number of guanidine groups is 1. The van der Waals surface area contributed by atoms with Crippen LogP contribution in [0.25, 0.3) is 0 Å². The van der Waals surface area contributed by atoms with E-state index in [1.54, 1.807) is 6.33 Å². The maximum atomic E-state index is 5.61. The van der Waals surface area contributed by atoms with E-state index in [4.69, 9.17) is 5.73 Å². The first-order valence-electron chi connectivity index (χ1n) is 4.60. The molecule has 3 N–H and O–H groups in total. The molecular weight excluding hydrogens is 180 g/mol. The normalized spacial score (nSPS) is 11.7.